The highest BCUT2D eigenvalue weighted by atomic mass is 35.5. The van der Waals surface area contributed by atoms with Crippen molar-refractivity contribution in [1.29, 1.82) is 0 Å². The number of ether oxygens (including phenoxy) is 2. The smallest absolute Gasteiger partial charge is 0.159 e. The monoisotopic (exact) mass is 276 g/mol. The molecule has 1 unspecified atom stereocenters. The molecule has 1 atom stereocenters. The molecule has 0 fully saturated rings. The highest BCUT2D eigenvalue weighted by Gasteiger charge is 2.26. The summed E-state index contributed by atoms with van der Waals surface area (Å²) < 4.78 is 23.4. The van der Waals surface area contributed by atoms with Crippen molar-refractivity contribution >= 4 is 11.6 Å². The van der Waals surface area contributed by atoms with Crippen LogP contribution < -0.4 is 0 Å². The normalized spacial score (nSPS) is 14.8. The second kappa shape index (κ2) is 6.48. The van der Waals surface area contributed by atoms with Gasteiger partial charge in [0.1, 0.15) is 5.82 Å². The minimum atomic E-state index is -1.04. The van der Waals surface area contributed by atoms with E-state index in [0.29, 0.717) is 18.4 Å². The molecule has 5 heteroatoms. The molecule has 18 heavy (non-hydrogen) atoms. The van der Waals surface area contributed by atoms with Crippen molar-refractivity contribution in [2.45, 2.75) is 31.7 Å². The van der Waals surface area contributed by atoms with Crippen LogP contribution in [0.15, 0.2) is 18.2 Å². The standard InChI is InChI=1S/C13H18ClFO3/c1-13(16,8-12(17-2)18-3)7-9-4-5-10(14)11(15)6-9/h4-6,12,16H,7-8H2,1-3H3. The SMILES string of the molecule is COC(CC(C)(O)Cc1ccc(Cl)c(F)c1)OC. The molecule has 0 saturated carbocycles. The molecule has 1 aromatic rings. The molecule has 0 bridgehead atoms. The Balaban J connectivity index is 2.72. The summed E-state index contributed by atoms with van der Waals surface area (Å²) in [5.74, 6) is -0.486. The molecule has 0 spiro atoms. The zero-order chi connectivity index (χ0) is 13.8. The molecule has 1 rings (SSSR count). The Kier molecular flexibility index (Phi) is 5.53. The Bertz CT molecular complexity index is 392. The number of rotatable bonds is 6. The highest BCUT2D eigenvalue weighted by molar-refractivity contribution is 6.30. The maximum absolute atomic E-state index is 13.3. The first-order valence-corrected chi connectivity index (χ1v) is 5.97. The van der Waals surface area contributed by atoms with Gasteiger partial charge in [0, 0.05) is 27.1 Å². The summed E-state index contributed by atoms with van der Waals surface area (Å²) in [6, 6.07) is 4.49. The van der Waals surface area contributed by atoms with Crippen molar-refractivity contribution in [2.24, 2.45) is 0 Å². The fourth-order valence-corrected chi connectivity index (χ4v) is 1.90. The number of methoxy groups -OCH3 is 2. The van der Waals surface area contributed by atoms with Crippen LogP contribution in [0.25, 0.3) is 0 Å². The summed E-state index contributed by atoms with van der Waals surface area (Å²) in [5.41, 5.74) is -0.371. The quantitative estimate of drug-likeness (QED) is 0.812. The van der Waals surface area contributed by atoms with E-state index in [1.54, 1.807) is 13.0 Å². The predicted molar refractivity (Wildman–Crippen MR) is 68.2 cm³/mol. The van der Waals surface area contributed by atoms with Gasteiger partial charge in [0.2, 0.25) is 0 Å². The van der Waals surface area contributed by atoms with Crippen LogP contribution in [0, 0.1) is 5.82 Å². The van der Waals surface area contributed by atoms with Gasteiger partial charge in [-0.3, -0.25) is 0 Å². The average molecular weight is 277 g/mol. The van der Waals surface area contributed by atoms with Crippen LogP contribution in [0.2, 0.25) is 5.02 Å². The van der Waals surface area contributed by atoms with Gasteiger partial charge in [0.15, 0.2) is 6.29 Å². The Labute approximate surface area is 111 Å². The number of benzene rings is 1. The van der Waals surface area contributed by atoms with Crippen LogP contribution in [0.4, 0.5) is 4.39 Å². The molecular formula is C13H18ClFO3. The number of hydrogen-bond acceptors (Lipinski definition) is 3. The number of halogens is 2. The average Bonchev–Trinajstić information content (AvgIpc) is 2.30. The van der Waals surface area contributed by atoms with Crippen LogP contribution in [0.1, 0.15) is 18.9 Å². The van der Waals surface area contributed by atoms with Crippen molar-refractivity contribution in [3.63, 3.8) is 0 Å². The van der Waals surface area contributed by atoms with E-state index in [1.165, 1.54) is 26.4 Å². The zero-order valence-corrected chi connectivity index (χ0v) is 11.5. The summed E-state index contributed by atoms with van der Waals surface area (Å²) in [7, 11) is 3.01. The maximum Gasteiger partial charge on any atom is 0.159 e. The fraction of sp³-hybridized carbons (Fsp3) is 0.538. The Morgan fingerprint density at radius 1 is 1.39 bits per heavy atom. The first kappa shape index (κ1) is 15.4. The van der Waals surface area contributed by atoms with Crippen molar-refractivity contribution in [3.8, 4) is 0 Å². The van der Waals surface area contributed by atoms with Gasteiger partial charge in [-0.25, -0.2) is 4.39 Å². The summed E-state index contributed by atoms with van der Waals surface area (Å²) in [6.45, 7) is 1.66. The minimum absolute atomic E-state index is 0.0741. The van der Waals surface area contributed by atoms with Crippen molar-refractivity contribution in [2.75, 3.05) is 14.2 Å². The molecule has 0 heterocycles. The lowest BCUT2D eigenvalue weighted by atomic mass is 9.93. The lowest BCUT2D eigenvalue weighted by Crippen LogP contribution is -2.34. The van der Waals surface area contributed by atoms with Crippen molar-refractivity contribution < 1.29 is 19.0 Å². The highest BCUT2D eigenvalue weighted by Crippen LogP contribution is 2.23. The van der Waals surface area contributed by atoms with Gasteiger partial charge < -0.3 is 14.6 Å². The van der Waals surface area contributed by atoms with Gasteiger partial charge in [-0.05, 0) is 24.6 Å². The summed E-state index contributed by atoms with van der Waals surface area (Å²) >= 11 is 5.60. The molecule has 1 N–H and O–H groups in total. The van der Waals surface area contributed by atoms with E-state index < -0.39 is 17.7 Å². The molecule has 102 valence electrons. The topological polar surface area (TPSA) is 38.7 Å². The molecule has 0 amide bonds. The lowest BCUT2D eigenvalue weighted by Gasteiger charge is -2.27. The Hall–Kier alpha value is -0.680. The molecule has 0 aliphatic carbocycles. The fourth-order valence-electron chi connectivity index (χ4n) is 1.78. The largest absolute Gasteiger partial charge is 0.390 e. The van der Waals surface area contributed by atoms with Crippen molar-refractivity contribution in [1.82, 2.24) is 0 Å². The molecule has 0 aromatic heterocycles. The van der Waals surface area contributed by atoms with E-state index >= 15 is 0 Å². The van der Waals surface area contributed by atoms with E-state index in [0.717, 1.165) is 0 Å². The lowest BCUT2D eigenvalue weighted by molar-refractivity contribution is -0.139. The van der Waals surface area contributed by atoms with Gasteiger partial charge in [0.25, 0.3) is 0 Å². The Morgan fingerprint density at radius 2 is 2.00 bits per heavy atom. The van der Waals surface area contributed by atoms with Gasteiger partial charge in [0.05, 0.1) is 10.6 Å². The van der Waals surface area contributed by atoms with Crippen LogP contribution in [-0.2, 0) is 15.9 Å². The molecule has 1 aromatic carbocycles. The molecule has 3 nitrogen and oxygen atoms in total. The molecular weight excluding hydrogens is 259 g/mol. The first-order valence-electron chi connectivity index (χ1n) is 5.60. The van der Waals surface area contributed by atoms with Crippen LogP contribution in [-0.4, -0.2) is 31.2 Å². The Morgan fingerprint density at radius 3 is 2.50 bits per heavy atom. The summed E-state index contributed by atoms with van der Waals surface area (Å²) in [6.07, 6.45) is 0.103. The minimum Gasteiger partial charge on any atom is -0.390 e. The summed E-state index contributed by atoms with van der Waals surface area (Å²) in [5, 5.41) is 10.3. The molecule has 0 aliphatic heterocycles. The molecule has 0 radical (unpaired) electrons. The zero-order valence-electron chi connectivity index (χ0n) is 10.7. The first-order chi connectivity index (χ1) is 8.38. The number of hydrogen-bond donors (Lipinski definition) is 1. The molecule has 0 aliphatic rings. The second-order valence-electron chi connectivity index (χ2n) is 4.53. The van der Waals surface area contributed by atoms with Crippen LogP contribution in [0.5, 0.6) is 0 Å². The van der Waals surface area contributed by atoms with Gasteiger partial charge in [-0.15, -0.1) is 0 Å². The van der Waals surface area contributed by atoms with Gasteiger partial charge in [-0.2, -0.15) is 0 Å². The number of aliphatic hydroxyl groups is 1. The third-order valence-electron chi connectivity index (χ3n) is 2.70. The van der Waals surface area contributed by atoms with E-state index in [2.05, 4.69) is 0 Å². The third kappa shape index (κ3) is 4.53. The molecule has 0 saturated heterocycles. The van der Waals surface area contributed by atoms with E-state index in [-0.39, 0.29) is 5.02 Å². The van der Waals surface area contributed by atoms with E-state index in [9.17, 15) is 9.50 Å². The maximum atomic E-state index is 13.3. The third-order valence-corrected chi connectivity index (χ3v) is 3.01. The van der Waals surface area contributed by atoms with Crippen LogP contribution in [0.3, 0.4) is 0 Å². The second-order valence-corrected chi connectivity index (χ2v) is 4.93. The van der Waals surface area contributed by atoms with E-state index in [1.807, 2.05) is 0 Å². The predicted octanol–water partition coefficient (Wildman–Crippen LogP) is 2.78. The summed E-state index contributed by atoms with van der Waals surface area (Å²) in [4.78, 5) is 0. The van der Waals surface area contributed by atoms with Gasteiger partial charge in [-0.1, -0.05) is 17.7 Å². The van der Waals surface area contributed by atoms with Crippen LogP contribution >= 0.6 is 11.6 Å². The van der Waals surface area contributed by atoms with E-state index in [4.69, 9.17) is 21.1 Å². The van der Waals surface area contributed by atoms with Crippen molar-refractivity contribution in [3.05, 3.63) is 34.6 Å². The van der Waals surface area contributed by atoms with Gasteiger partial charge >= 0.3 is 0 Å².